The molecule has 1 aromatic carbocycles. The molecule has 9 heteroatoms. The van der Waals surface area contributed by atoms with Crippen LogP contribution in [0.1, 0.15) is 22.8 Å². The van der Waals surface area contributed by atoms with Gasteiger partial charge in [-0.25, -0.2) is 9.59 Å². The van der Waals surface area contributed by atoms with E-state index in [1.807, 2.05) is 6.07 Å². The van der Waals surface area contributed by atoms with E-state index >= 15 is 0 Å². The van der Waals surface area contributed by atoms with E-state index in [9.17, 15) is 14.9 Å². The molecule has 1 aromatic heterocycles. The number of carbonyl (C=O) groups excluding carboxylic acids is 1. The number of aryl methyl sites for hydroxylation is 1. The van der Waals surface area contributed by atoms with Gasteiger partial charge in [0.1, 0.15) is 28.9 Å². The van der Waals surface area contributed by atoms with Crippen molar-refractivity contribution in [3.05, 3.63) is 69.1 Å². The van der Waals surface area contributed by atoms with Gasteiger partial charge in [-0.2, -0.15) is 5.26 Å². The number of nitriles is 1. The fourth-order valence-electron chi connectivity index (χ4n) is 3.49. The number of ether oxygens (including phenoxy) is 3. The summed E-state index contributed by atoms with van der Waals surface area (Å²) in [5.41, 5.74) is 6.25. The highest BCUT2D eigenvalue weighted by Crippen LogP contribution is 2.40. The van der Waals surface area contributed by atoms with E-state index in [4.69, 9.17) is 24.4 Å². The molecule has 9 nitrogen and oxygen atoms in total. The van der Waals surface area contributed by atoms with Gasteiger partial charge in [-0.3, -0.25) is 0 Å². The van der Waals surface area contributed by atoms with Crippen molar-refractivity contribution in [3.63, 3.8) is 0 Å². The van der Waals surface area contributed by atoms with Crippen molar-refractivity contribution in [2.45, 2.75) is 12.8 Å². The maximum Gasteiger partial charge on any atom is 0.415 e. The Morgan fingerprint density at radius 2 is 1.97 bits per heavy atom. The van der Waals surface area contributed by atoms with Gasteiger partial charge in [0.25, 0.3) is 0 Å². The Morgan fingerprint density at radius 3 is 2.63 bits per heavy atom. The monoisotopic (exact) mass is 409 g/mol. The second kappa shape index (κ2) is 7.93. The first-order chi connectivity index (χ1) is 14.5. The van der Waals surface area contributed by atoms with E-state index in [1.54, 1.807) is 42.2 Å². The van der Waals surface area contributed by atoms with E-state index in [2.05, 4.69) is 0 Å². The summed E-state index contributed by atoms with van der Waals surface area (Å²) >= 11 is 0. The molecule has 1 amide bonds. The first kappa shape index (κ1) is 19.5. The average Bonchev–Trinajstić information content (AvgIpc) is 2.73. The highest BCUT2D eigenvalue weighted by molar-refractivity contribution is 5.70. The molecule has 4 rings (SSSR count). The molecule has 2 aliphatic heterocycles. The first-order valence-corrected chi connectivity index (χ1v) is 9.34. The number of hydrogen-bond donors (Lipinski definition) is 1. The van der Waals surface area contributed by atoms with Crippen LogP contribution in [0.4, 0.5) is 4.79 Å². The lowest BCUT2D eigenvalue weighted by molar-refractivity contribution is 0.0416. The van der Waals surface area contributed by atoms with Gasteiger partial charge in [-0.05, 0) is 24.6 Å². The maximum absolute atomic E-state index is 12.5. The van der Waals surface area contributed by atoms with Crippen molar-refractivity contribution >= 4 is 6.09 Å². The van der Waals surface area contributed by atoms with Gasteiger partial charge in [-0.15, -0.1) is 0 Å². The predicted molar refractivity (Wildman–Crippen MR) is 104 cm³/mol. The number of allylic oxidation sites excluding steroid dienone is 1. The molecule has 0 aliphatic carbocycles. The van der Waals surface area contributed by atoms with E-state index in [0.717, 1.165) is 0 Å². The number of nitrogens with two attached hydrogens (primary N) is 1. The summed E-state index contributed by atoms with van der Waals surface area (Å²) in [7, 11) is 0. The van der Waals surface area contributed by atoms with Gasteiger partial charge in [0.2, 0.25) is 5.88 Å². The third-order valence-corrected chi connectivity index (χ3v) is 4.94. The molecule has 2 aliphatic rings. The molecule has 1 fully saturated rings. The lowest BCUT2D eigenvalue weighted by atomic mass is 9.84. The van der Waals surface area contributed by atoms with Gasteiger partial charge in [-0.1, -0.05) is 12.1 Å². The SMILES string of the molecule is Cc1cc2c(c(=O)o1)[C@H](c1ccc(OC(=O)N3CCOCC3)cc1)C(C#N)=C(N)O2. The molecule has 0 saturated carbocycles. The molecule has 1 saturated heterocycles. The Morgan fingerprint density at radius 1 is 1.27 bits per heavy atom. The van der Waals surface area contributed by atoms with E-state index < -0.39 is 17.6 Å². The largest absolute Gasteiger partial charge is 0.440 e. The Bertz CT molecular complexity index is 1110. The van der Waals surface area contributed by atoms with Crippen molar-refractivity contribution in [2.24, 2.45) is 5.73 Å². The highest BCUT2D eigenvalue weighted by Gasteiger charge is 2.34. The van der Waals surface area contributed by atoms with Crippen molar-refractivity contribution < 1.29 is 23.4 Å². The number of benzene rings is 1. The minimum absolute atomic E-state index is 0.0668. The van der Waals surface area contributed by atoms with Crippen LogP contribution < -0.4 is 20.8 Å². The molecule has 3 heterocycles. The summed E-state index contributed by atoms with van der Waals surface area (Å²) in [6.45, 7) is 3.52. The molecule has 0 radical (unpaired) electrons. The average molecular weight is 409 g/mol. The number of fused-ring (bicyclic) bond motifs is 1. The molecule has 0 spiro atoms. The zero-order valence-electron chi connectivity index (χ0n) is 16.2. The standard InChI is InChI=1S/C21H19N3O6/c1-12-10-16-18(20(25)28-12)17(15(11-22)19(23)30-16)13-2-4-14(5-3-13)29-21(26)24-6-8-27-9-7-24/h2-5,10,17H,6-9,23H2,1H3/t17-/m1/s1. The summed E-state index contributed by atoms with van der Waals surface area (Å²) in [4.78, 5) is 26.3. The topological polar surface area (TPSA) is 128 Å². The van der Waals surface area contributed by atoms with Gasteiger partial charge >= 0.3 is 11.7 Å². The van der Waals surface area contributed by atoms with E-state index in [0.29, 0.717) is 43.4 Å². The van der Waals surface area contributed by atoms with Crippen molar-refractivity contribution in [1.29, 1.82) is 5.26 Å². The molecule has 154 valence electrons. The van der Waals surface area contributed by atoms with Crippen LogP contribution in [0.15, 0.2) is 51.0 Å². The van der Waals surface area contributed by atoms with E-state index in [1.165, 1.54) is 0 Å². The van der Waals surface area contributed by atoms with Gasteiger partial charge in [0.05, 0.1) is 24.7 Å². The normalized spacial score (nSPS) is 18.3. The smallest absolute Gasteiger partial charge is 0.415 e. The number of carbonyl (C=O) groups is 1. The number of amides is 1. The molecule has 0 unspecified atom stereocenters. The van der Waals surface area contributed by atoms with Crippen LogP contribution in [0.25, 0.3) is 0 Å². The molecular formula is C21H19N3O6. The number of hydrogen-bond acceptors (Lipinski definition) is 8. The molecular weight excluding hydrogens is 390 g/mol. The summed E-state index contributed by atoms with van der Waals surface area (Å²) in [6, 6.07) is 10.1. The fraction of sp³-hybridized carbons (Fsp3) is 0.286. The minimum atomic E-state index is -0.750. The van der Waals surface area contributed by atoms with Crippen molar-refractivity contribution in [1.82, 2.24) is 4.90 Å². The van der Waals surface area contributed by atoms with Crippen LogP contribution >= 0.6 is 0 Å². The predicted octanol–water partition coefficient (Wildman–Crippen LogP) is 2.00. The van der Waals surface area contributed by atoms with Crippen LogP contribution in [-0.4, -0.2) is 37.3 Å². The summed E-state index contributed by atoms with van der Waals surface area (Å²) in [6.07, 6.45) is -0.458. The number of morpholine rings is 1. The second-order valence-corrected chi connectivity index (χ2v) is 6.88. The molecule has 0 bridgehead atoms. The summed E-state index contributed by atoms with van der Waals surface area (Å²) in [5, 5.41) is 9.60. The fourth-order valence-corrected chi connectivity index (χ4v) is 3.49. The highest BCUT2D eigenvalue weighted by atomic mass is 16.6. The second-order valence-electron chi connectivity index (χ2n) is 6.88. The Balaban J connectivity index is 1.64. The number of nitrogens with zero attached hydrogens (tertiary/aromatic N) is 2. The van der Waals surface area contributed by atoms with Gasteiger partial charge in [0.15, 0.2) is 0 Å². The van der Waals surface area contributed by atoms with Crippen LogP contribution in [0.2, 0.25) is 0 Å². The first-order valence-electron chi connectivity index (χ1n) is 9.34. The van der Waals surface area contributed by atoms with Crippen LogP contribution in [0.3, 0.4) is 0 Å². The quantitative estimate of drug-likeness (QED) is 0.798. The molecule has 1 atom stereocenters. The van der Waals surface area contributed by atoms with Gasteiger partial charge in [0, 0.05) is 19.2 Å². The maximum atomic E-state index is 12.5. The zero-order valence-corrected chi connectivity index (χ0v) is 16.2. The zero-order chi connectivity index (χ0) is 21.3. The summed E-state index contributed by atoms with van der Waals surface area (Å²) < 4.78 is 21.3. The minimum Gasteiger partial charge on any atom is -0.440 e. The summed E-state index contributed by atoms with van der Waals surface area (Å²) in [5.74, 6) is 0.153. The number of rotatable bonds is 2. The Hall–Kier alpha value is -3.77. The van der Waals surface area contributed by atoms with Crippen molar-refractivity contribution in [3.8, 4) is 17.6 Å². The lowest BCUT2D eigenvalue weighted by Gasteiger charge is -2.26. The lowest BCUT2D eigenvalue weighted by Crippen LogP contribution is -2.42. The van der Waals surface area contributed by atoms with Gasteiger partial charge < -0.3 is 29.3 Å². The Kier molecular flexibility index (Phi) is 5.16. The van der Waals surface area contributed by atoms with Crippen LogP contribution in [-0.2, 0) is 4.74 Å². The molecule has 30 heavy (non-hydrogen) atoms. The third-order valence-electron chi connectivity index (χ3n) is 4.94. The van der Waals surface area contributed by atoms with Crippen molar-refractivity contribution in [2.75, 3.05) is 26.3 Å². The van der Waals surface area contributed by atoms with Crippen LogP contribution in [0.5, 0.6) is 11.5 Å². The Labute approximate surface area is 171 Å². The van der Waals surface area contributed by atoms with E-state index in [-0.39, 0.29) is 22.8 Å². The molecule has 2 aromatic rings. The molecule has 2 N–H and O–H groups in total. The third kappa shape index (κ3) is 3.60. The van der Waals surface area contributed by atoms with Crippen LogP contribution in [0, 0.1) is 18.3 Å².